The average molecular weight is 215 g/mol. The molecule has 1 aliphatic heterocycles. The van der Waals surface area contributed by atoms with Gasteiger partial charge in [0.15, 0.2) is 0 Å². The van der Waals surface area contributed by atoms with Crippen LogP contribution in [0.15, 0.2) is 0 Å². The van der Waals surface area contributed by atoms with E-state index < -0.39 is 0 Å². The van der Waals surface area contributed by atoms with Crippen LogP contribution in [0.3, 0.4) is 0 Å². The molecule has 15 heavy (non-hydrogen) atoms. The minimum absolute atomic E-state index is 0.0789. The van der Waals surface area contributed by atoms with E-state index in [0.29, 0.717) is 6.54 Å². The lowest BCUT2D eigenvalue weighted by Crippen LogP contribution is -2.45. The third-order valence-corrected chi connectivity index (χ3v) is 3.18. The van der Waals surface area contributed by atoms with Crippen molar-refractivity contribution in [3.63, 3.8) is 0 Å². The Kier molecular flexibility index (Phi) is 6.22. The molecular weight excluding hydrogens is 190 g/mol. The summed E-state index contributed by atoms with van der Waals surface area (Å²) in [5, 5.41) is 0. The van der Waals surface area contributed by atoms with Crippen LogP contribution in [-0.4, -0.2) is 32.0 Å². The van der Waals surface area contributed by atoms with Crippen molar-refractivity contribution in [2.24, 2.45) is 5.73 Å². The van der Waals surface area contributed by atoms with E-state index in [2.05, 4.69) is 6.92 Å². The van der Waals surface area contributed by atoms with E-state index in [0.717, 1.165) is 39.1 Å². The van der Waals surface area contributed by atoms with Gasteiger partial charge in [-0.1, -0.05) is 26.2 Å². The summed E-state index contributed by atoms with van der Waals surface area (Å²) in [5.74, 6) is 0. The summed E-state index contributed by atoms with van der Waals surface area (Å²) in [7, 11) is 0. The lowest BCUT2D eigenvalue weighted by Gasteiger charge is -2.36. The maximum atomic E-state index is 5.96. The first kappa shape index (κ1) is 12.9. The van der Waals surface area contributed by atoms with E-state index in [1.165, 1.54) is 19.3 Å². The van der Waals surface area contributed by atoms with E-state index >= 15 is 0 Å². The van der Waals surface area contributed by atoms with Crippen LogP contribution in [0.5, 0.6) is 0 Å². The van der Waals surface area contributed by atoms with Gasteiger partial charge in [-0.2, -0.15) is 0 Å². The van der Waals surface area contributed by atoms with Gasteiger partial charge in [-0.3, -0.25) is 0 Å². The molecule has 1 fully saturated rings. The quantitative estimate of drug-likeness (QED) is 0.661. The normalized spacial score (nSPS) is 20.4. The van der Waals surface area contributed by atoms with Crippen molar-refractivity contribution in [2.45, 2.75) is 51.0 Å². The SMILES string of the molecule is CCCCCCOC1(CN)CCOCC1. The van der Waals surface area contributed by atoms with Gasteiger partial charge < -0.3 is 15.2 Å². The molecule has 1 saturated heterocycles. The van der Waals surface area contributed by atoms with Crippen LogP contribution in [0.2, 0.25) is 0 Å². The molecule has 0 saturated carbocycles. The van der Waals surface area contributed by atoms with E-state index in [-0.39, 0.29) is 5.60 Å². The largest absolute Gasteiger partial charge is 0.381 e. The molecule has 0 aromatic heterocycles. The average Bonchev–Trinajstić information content (AvgIpc) is 2.30. The molecule has 0 aromatic rings. The number of nitrogens with two attached hydrogens (primary N) is 1. The third kappa shape index (κ3) is 4.49. The maximum Gasteiger partial charge on any atom is 0.0847 e. The maximum absolute atomic E-state index is 5.96. The van der Waals surface area contributed by atoms with Crippen molar-refractivity contribution in [3.05, 3.63) is 0 Å². The third-order valence-electron chi connectivity index (χ3n) is 3.18. The van der Waals surface area contributed by atoms with Crippen molar-refractivity contribution in [1.82, 2.24) is 0 Å². The fourth-order valence-corrected chi connectivity index (χ4v) is 1.97. The Morgan fingerprint density at radius 1 is 1.20 bits per heavy atom. The molecule has 0 spiro atoms. The van der Waals surface area contributed by atoms with Crippen LogP contribution in [0.4, 0.5) is 0 Å². The van der Waals surface area contributed by atoms with E-state index in [1.807, 2.05) is 0 Å². The second-order valence-corrected chi connectivity index (χ2v) is 4.41. The van der Waals surface area contributed by atoms with Crippen LogP contribution in [-0.2, 0) is 9.47 Å². The Morgan fingerprint density at radius 3 is 2.53 bits per heavy atom. The minimum atomic E-state index is -0.0789. The Labute approximate surface area is 93.3 Å². The number of unbranched alkanes of at least 4 members (excludes halogenated alkanes) is 3. The van der Waals surface area contributed by atoms with Crippen molar-refractivity contribution < 1.29 is 9.47 Å². The molecule has 0 bridgehead atoms. The highest BCUT2D eigenvalue weighted by atomic mass is 16.5. The van der Waals surface area contributed by atoms with Crippen LogP contribution in [0.1, 0.15) is 45.4 Å². The van der Waals surface area contributed by atoms with Gasteiger partial charge >= 0.3 is 0 Å². The topological polar surface area (TPSA) is 44.5 Å². The van der Waals surface area contributed by atoms with Gasteiger partial charge in [0.1, 0.15) is 0 Å². The highest BCUT2D eigenvalue weighted by Crippen LogP contribution is 2.24. The molecule has 90 valence electrons. The summed E-state index contributed by atoms with van der Waals surface area (Å²) in [4.78, 5) is 0. The number of hydrogen-bond acceptors (Lipinski definition) is 3. The Morgan fingerprint density at radius 2 is 1.93 bits per heavy atom. The number of ether oxygens (including phenoxy) is 2. The van der Waals surface area contributed by atoms with Gasteiger partial charge in [-0.25, -0.2) is 0 Å². The van der Waals surface area contributed by atoms with Crippen molar-refractivity contribution in [2.75, 3.05) is 26.4 Å². The molecule has 3 nitrogen and oxygen atoms in total. The summed E-state index contributed by atoms with van der Waals surface area (Å²) in [6, 6.07) is 0. The molecule has 0 aromatic carbocycles. The zero-order valence-electron chi connectivity index (χ0n) is 9.96. The lowest BCUT2D eigenvalue weighted by molar-refractivity contribution is -0.105. The smallest absolute Gasteiger partial charge is 0.0847 e. The summed E-state index contributed by atoms with van der Waals surface area (Å²) in [6.07, 6.45) is 6.93. The van der Waals surface area contributed by atoms with Crippen LogP contribution < -0.4 is 5.73 Å². The van der Waals surface area contributed by atoms with Gasteiger partial charge in [0.2, 0.25) is 0 Å². The number of rotatable bonds is 7. The summed E-state index contributed by atoms with van der Waals surface area (Å²) in [6.45, 7) is 5.31. The predicted octanol–water partition coefficient (Wildman–Crippen LogP) is 2.09. The fraction of sp³-hybridized carbons (Fsp3) is 1.00. The standard InChI is InChI=1S/C12H25NO2/c1-2-3-4-5-8-15-12(11-13)6-9-14-10-7-12/h2-11,13H2,1H3. The summed E-state index contributed by atoms with van der Waals surface area (Å²) in [5.41, 5.74) is 5.72. The molecule has 0 unspecified atom stereocenters. The molecular formula is C12H25NO2. The molecule has 0 radical (unpaired) electrons. The Bertz CT molecular complexity index is 156. The monoisotopic (exact) mass is 215 g/mol. The molecule has 0 amide bonds. The highest BCUT2D eigenvalue weighted by molar-refractivity contribution is 4.84. The molecule has 3 heteroatoms. The molecule has 1 heterocycles. The zero-order chi connectivity index (χ0) is 11.0. The molecule has 2 N–H and O–H groups in total. The van der Waals surface area contributed by atoms with Crippen molar-refractivity contribution in [3.8, 4) is 0 Å². The second kappa shape index (κ2) is 7.20. The van der Waals surface area contributed by atoms with Gasteiger partial charge in [-0.05, 0) is 6.42 Å². The lowest BCUT2D eigenvalue weighted by atomic mass is 9.94. The van der Waals surface area contributed by atoms with Crippen LogP contribution >= 0.6 is 0 Å². The van der Waals surface area contributed by atoms with Crippen LogP contribution in [0.25, 0.3) is 0 Å². The van der Waals surface area contributed by atoms with Crippen LogP contribution in [0, 0.1) is 0 Å². The van der Waals surface area contributed by atoms with Gasteiger partial charge in [0, 0.05) is 39.2 Å². The predicted molar refractivity (Wildman–Crippen MR) is 61.9 cm³/mol. The molecule has 1 aliphatic rings. The van der Waals surface area contributed by atoms with Gasteiger partial charge in [-0.15, -0.1) is 0 Å². The Hall–Kier alpha value is -0.120. The van der Waals surface area contributed by atoms with Gasteiger partial charge in [0.05, 0.1) is 5.60 Å². The molecule has 1 rings (SSSR count). The van der Waals surface area contributed by atoms with E-state index in [9.17, 15) is 0 Å². The molecule has 0 aliphatic carbocycles. The molecule has 0 atom stereocenters. The minimum Gasteiger partial charge on any atom is -0.381 e. The second-order valence-electron chi connectivity index (χ2n) is 4.41. The highest BCUT2D eigenvalue weighted by Gasteiger charge is 2.31. The zero-order valence-corrected chi connectivity index (χ0v) is 9.96. The van der Waals surface area contributed by atoms with E-state index in [1.54, 1.807) is 0 Å². The number of hydrogen-bond donors (Lipinski definition) is 1. The first-order valence-electron chi connectivity index (χ1n) is 6.25. The van der Waals surface area contributed by atoms with E-state index in [4.69, 9.17) is 15.2 Å². The van der Waals surface area contributed by atoms with Crippen molar-refractivity contribution >= 4 is 0 Å². The van der Waals surface area contributed by atoms with Gasteiger partial charge in [0.25, 0.3) is 0 Å². The van der Waals surface area contributed by atoms with Crippen molar-refractivity contribution in [1.29, 1.82) is 0 Å². The summed E-state index contributed by atoms with van der Waals surface area (Å²) < 4.78 is 11.3. The fourth-order valence-electron chi connectivity index (χ4n) is 1.97. The summed E-state index contributed by atoms with van der Waals surface area (Å²) >= 11 is 0. The first-order valence-corrected chi connectivity index (χ1v) is 6.25. The first-order chi connectivity index (χ1) is 7.33. The Balaban J connectivity index is 2.15.